The van der Waals surface area contributed by atoms with Crippen LogP contribution in [0.15, 0.2) is 6.20 Å². The Morgan fingerprint density at radius 1 is 1.54 bits per heavy atom. The lowest BCUT2D eigenvalue weighted by atomic mass is 10.2. The van der Waals surface area contributed by atoms with Crippen LogP contribution in [-0.2, 0) is 12.2 Å². The van der Waals surface area contributed by atoms with Crippen molar-refractivity contribution >= 4 is 11.8 Å². The summed E-state index contributed by atoms with van der Waals surface area (Å²) in [6.45, 7) is 6.51. The fraction of sp³-hybridized carbons (Fsp3) is 0.700. The molecule has 0 unspecified atom stereocenters. The molecule has 0 aliphatic heterocycles. The fourth-order valence-electron chi connectivity index (χ4n) is 1.28. The van der Waals surface area contributed by atoms with Crippen molar-refractivity contribution in [3.8, 4) is 0 Å². The Balaban J connectivity index is 2.90. The molecule has 0 aliphatic carbocycles. The fourth-order valence-corrected chi connectivity index (χ4v) is 1.80. The minimum absolute atomic E-state index is 0.473. The molecule has 0 aliphatic rings. The lowest BCUT2D eigenvalue weighted by Gasteiger charge is -2.03. The first-order chi connectivity index (χ1) is 6.19. The predicted molar refractivity (Wildman–Crippen MR) is 59.2 cm³/mol. The minimum Gasteiger partial charge on any atom is -0.270 e. The SMILES string of the molecule is CCc1cn(C(C)C)nc1CSC. The molecule has 0 bridgehead atoms. The molecule has 1 heterocycles. The topological polar surface area (TPSA) is 17.8 Å². The van der Waals surface area contributed by atoms with Crippen molar-refractivity contribution in [3.63, 3.8) is 0 Å². The van der Waals surface area contributed by atoms with Gasteiger partial charge in [-0.2, -0.15) is 16.9 Å². The average molecular weight is 198 g/mol. The Bertz CT molecular complexity index is 266. The molecule has 0 atom stereocenters. The summed E-state index contributed by atoms with van der Waals surface area (Å²) in [7, 11) is 0. The van der Waals surface area contributed by atoms with Gasteiger partial charge in [0, 0.05) is 18.0 Å². The molecule has 0 saturated heterocycles. The van der Waals surface area contributed by atoms with E-state index in [0.717, 1.165) is 12.2 Å². The van der Waals surface area contributed by atoms with Crippen LogP contribution >= 0.6 is 11.8 Å². The largest absolute Gasteiger partial charge is 0.270 e. The lowest BCUT2D eigenvalue weighted by Crippen LogP contribution is -2.01. The van der Waals surface area contributed by atoms with E-state index in [1.807, 2.05) is 11.8 Å². The Hall–Kier alpha value is -0.440. The van der Waals surface area contributed by atoms with Crippen molar-refractivity contribution in [3.05, 3.63) is 17.5 Å². The van der Waals surface area contributed by atoms with Crippen molar-refractivity contribution < 1.29 is 0 Å². The Morgan fingerprint density at radius 2 is 2.23 bits per heavy atom. The van der Waals surface area contributed by atoms with Gasteiger partial charge in [-0.1, -0.05) is 6.92 Å². The second-order valence-electron chi connectivity index (χ2n) is 3.46. The van der Waals surface area contributed by atoms with Crippen LogP contribution in [0.5, 0.6) is 0 Å². The van der Waals surface area contributed by atoms with Gasteiger partial charge in [0.15, 0.2) is 0 Å². The van der Waals surface area contributed by atoms with E-state index in [4.69, 9.17) is 0 Å². The molecular weight excluding hydrogens is 180 g/mol. The molecule has 1 aromatic rings. The molecule has 74 valence electrons. The number of aryl methyl sites for hydroxylation is 1. The zero-order chi connectivity index (χ0) is 9.84. The normalized spacial score (nSPS) is 11.2. The van der Waals surface area contributed by atoms with E-state index in [2.05, 4.69) is 43.0 Å². The number of aromatic nitrogens is 2. The molecule has 1 aromatic heterocycles. The van der Waals surface area contributed by atoms with Gasteiger partial charge in [0.2, 0.25) is 0 Å². The third-order valence-corrected chi connectivity index (χ3v) is 2.65. The molecule has 2 nitrogen and oxygen atoms in total. The zero-order valence-corrected chi connectivity index (χ0v) is 9.69. The maximum Gasteiger partial charge on any atom is 0.0755 e. The van der Waals surface area contributed by atoms with Gasteiger partial charge in [-0.05, 0) is 32.1 Å². The van der Waals surface area contributed by atoms with Crippen molar-refractivity contribution in [2.75, 3.05) is 6.26 Å². The quantitative estimate of drug-likeness (QED) is 0.740. The van der Waals surface area contributed by atoms with Crippen LogP contribution in [0.2, 0.25) is 0 Å². The van der Waals surface area contributed by atoms with Crippen molar-refractivity contribution in [1.29, 1.82) is 0 Å². The summed E-state index contributed by atoms with van der Waals surface area (Å²) in [6.07, 6.45) is 5.38. The molecule has 3 heteroatoms. The van der Waals surface area contributed by atoms with Crippen LogP contribution in [-0.4, -0.2) is 16.0 Å². The van der Waals surface area contributed by atoms with Crippen LogP contribution in [0.3, 0.4) is 0 Å². The van der Waals surface area contributed by atoms with E-state index in [1.165, 1.54) is 11.3 Å². The molecular formula is C10H18N2S. The second kappa shape index (κ2) is 4.70. The molecule has 0 radical (unpaired) electrons. The summed E-state index contributed by atoms with van der Waals surface area (Å²) in [5.74, 6) is 1.03. The smallest absolute Gasteiger partial charge is 0.0755 e. The standard InChI is InChI=1S/C10H18N2S/c1-5-9-6-12(8(2)3)11-10(9)7-13-4/h6,8H,5,7H2,1-4H3. The first kappa shape index (κ1) is 10.6. The van der Waals surface area contributed by atoms with Gasteiger partial charge < -0.3 is 0 Å². The number of hydrogen-bond acceptors (Lipinski definition) is 2. The molecule has 1 rings (SSSR count). The van der Waals surface area contributed by atoms with E-state index in [-0.39, 0.29) is 0 Å². The van der Waals surface area contributed by atoms with Crippen molar-refractivity contribution in [2.45, 2.75) is 39.0 Å². The number of thioether (sulfide) groups is 1. The predicted octanol–water partition coefficient (Wildman–Crippen LogP) is 2.89. The van der Waals surface area contributed by atoms with Gasteiger partial charge in [-0.3, -0.25) is 4.68 Å². The highest BCUT2D eigenvalue weighted by Crippen LogP contribution is 2.16. The van der Waals surface area contributed by atoms with Gasteiger partial charge in [0.25, 0.3) is 0 Å². The molecule has 0 saturated carbocycles. The second-order valence-corrected chi connectivity index (χ2v) is 4.33. The highest BCUT2D eigenvalue weighted by Gasteiger charge is 2.07. The van der Waals surface area contributed by atoms with Crippen molar-refractivity contribution in [2.24, 2.45) is 0 Å². The monoisotopic (exact) mass is 198 g/mol. The maximum atomic E-state index is 4.57. The van der Waals surface area contributed by atoms with Gasteiger partial charge in [0.1, 0.15) is 0 Å². The van der Waals surface area contributed by atoms with E-state index in [0.29, 0.717) is 6.04 Å². The van der Waals surface area contributed by atoms with Crippen LogP contribution in [0, 0.1) is 0 Å². The molecule has 0 amide bonds. The van der Waals surface area contributed by atoms with Gasteiger partial charge in [-0.25, -0.2) is 0 Å². The Morgan fingerprint density at radius 3 is 2.69 bits per heavy atom. The zero-order valence-electron chi connectivity index (χ0n) is 8.87. The summed E-state index contributed by atoms with van der Waals surface area (Å²) >= 11 is 1.83. The molecule has 13 heavy (non-hydrogen) atoms. The summed E-state index contributed by atoms with van der Waals surface area (Å²) in [6, 6.07) is 0.473. The summed E-state index contributed by atoms with van der Waals surface area (Å²) < 4.78 is 2.06. The van der Waals surface area contributed by atoms with Gasteiger partial charge in [0.05, 0.1) is 5.69 Å². The van der Waals surface area contributed by atoms with Crippen LogP contribution in [0.1, 0.15) is 38.1 Å². The summed E-state index contributed by atoms with van der Waals surface area (Å²) in [5, 5.41) is 4.57. The third kappa shape index (κ3) is 2.50. The third-order valence-electron chi connectivity index (χ3n) is 2.09. The van der Waals surface area contributed by atoms with Crippen LogP contribution < -0.4 is 0 Å². The molecule has 0 fully saturated rings. The first-order valence-corrected chi connectivity index (χ1v) is 6.14. The van der Waals surface area contributed by atoms with E-state index >= 15 is 0 Å². The number of hydrogen-bond donors (Lipinski definition) is 0. The molecule has 0 N–H and O–H groups in total. The van der Waals surface area contributed by atoms with Crippen LogP contribution in [0.25, 0.3) is 0 Å². The lowest BCUT2D eigenvalue weighted by molar-refractivity contribution is 0.528. The van der Waals surface area contributed by atoms with Gasteiger partial charge >= 0.3 is 0 Å². The highest BCUT2D eigenvalue weighted by molar-refractivity contribution is 7.97. The number of rotatable bonds is 4. The van der Waals surface area contributed by atoms with Crippen molar-refractivity contribution in [1.82, 2.24) is 9.78 Å². The highest BCUT2D eigenvalue weighted by atomic mass is 32.2. The summed E-state index contributed by atoms with van der Waals surface area (Å²) in [4.78, 5) is 0. The molecule has 0 aromatic carbocycles. The first-order valence-electron chi connectivity index (χ1n) is 4.74. The molecule has 0 spiro atoms. The van der Waals surface area contributed by atoms with E-state index in [9.17, 15) is 0 Å². The van der Waals surface area contributed by atoms with E-state index < -0.39 is 0 Å². The number of nitrogens with zero attached hydrogens (tertiary/aromatic N) is 2. The minimum atomic E-state index is 0.473. The Kier molecular flexibility index (Phi) is 3.85. The van der Waals surface area contributed by atoms with E-state index in [1.54, 1.807) is 0 Å². The maximum absolute atomic E-state index is 4.57. The average Bonchev–Trinajstić information content (AvgIpc) is 2.48. The summed E-state index contributed by atoms with van der Waals surface area (Å²) in [5.41, 5.74) is 2.65. The van der Waals surface area contributed by atoms with Gasteiger partial charge in [-0.15, -0.1) is 0 Å². The Labute approximate surface area is 84.7 Å². The van der Waals surface area contributed by atoms with Crippen LogP contribution in [0.4, 0.5) is 0 Å².